The van der Waals surface area contributed by atoms with Crippen molar-refractivity contribution in [3.8, 4) is 17.2 Å². The lowest BCUT2D eigenvalue weighted by atomic mass is 9.97. The number of piperidine rings is 1. The van der Waals surface area contributed by atoms with E-state index in [2.05, 4.69) is 11.0 Å². The summed E-state index contributed by atoms with van der Waals surface area (Å²) in [6.07, 6.45) is 1.76. The van der Waals surface area contributed by atoms with E-state index in [0.29, 0.717) is 17.9 Å². The first-order valence-corrected chi connectivity index (χ1v) is 12.6. The predicted molar refractivity (Wildman–Crippen MR) is 142 cm³/mol. The zero-order valence-electron chi connectivity index (χ0n) is 21.4. The number of hydrogen-bond donors (Lipinski definition) is 1. The zero-order chi connectivity index (χ0) is 26.2. The van der Waals surface area contributed by atoms with E-state index in [1.54, 1.807) is 12.0 Å². The average molecular weight is 503 g/mol. The molecule has 7 nitrogen and oxygen atoms in total. The maximum absolute atomic E-state index is 12.6. The maximum Gasteiger partial charge on any atom is 0.326 e. The summed E-state index contributed by atoms with van der Waals surface area (Å²) >= 11 is 0. The van der Waals surface area contributed by atoms with Crippen molar-refractivity contribution in [2.45, 2.75) is 44.8 Å². The highest BCUT2D eigenvalue weighted by Crippen LogP contribution is 2.31. The number of amides is 1. The second-order valence-electron chi connectivity index (χ2n) is 9.38. The van der Waals surface area contributed by atoms with Gasteiger partial charge in [0.05, 0.1) is 7.11 Å². The van der Waals surface area contributed by atoms with Gasteiger partial charge in [0.2, 0.25) is 5.91 Å². The molecule has 3 aromatic rings. The summed E-state index contributed by atoms with van der Waals surface area (Å²) in [5, 5.41) is 9.97. The average Bonchev–Trinajstić information content (AvgIpc) is 2.90. The highest BCUT2D eigenvalue weighted by Gasteiger charge is 2.35. The fourth-order valence-electron chi connectivity index (χ4n) is 5.02. The molecule has 0 radical (unpaired) electrons. The van der Waals surface area contributed by atoms with Crippen molar-refractivity contribution in [2.24, 2.45) is 0 Å². The number of nitrogens with zero attached hydrogens (tertiary/aromatic N) is 2. The van der Waals surface area contributed by atoms with Gasteiger partial charge in [0.15, 0.2) is 11.5 Å². The maximum atomic E-state index is 12.6. The fourth-order valence-corrected chi connectivity index (χ4v) is 5.02. The van der Waals surface area contributed by atoms with Gasteiger partial charge in [0.1, 0.15) is 11.8 Å². The van der Waals surface area contributed by atoms with E-state index in [9.17, 15) is 14.7 Å². The number of hydrogen-bond acceptors (Lipinski definition) is 5. The first kappa shape index (κ1) is 26.2. The third kappa shape index (κ3) is 6.89. The topological polar surface area (TPSA) is 79.3 Å². The van der Waals surface area contributed by atoms with Crippen LogP contribution in [0, 0.1) is 0 Å². The van der Waals surface area contributed by atoms with Gasteiger partial charge in [0, 0.05) is 39.0 Å². The Morgan fingerprint density at radius 1 is 0.946 bits per heavy atom. The zero-order valence-corrected chi connectivity index (χ0v) is 21.4. The minimum Gasteiger partial charge on any atom is -0.493 e. The molecule has 1 N–H and O–H groups in total. The van der Waals surface area contributed by atoms with E-state index in [4.69, 9.17) is 9.47 Å². The molecule has 7 heteroatoms. The van der Waals surface area contributed by atoms with Gasteiger partial charge in [-0.3, -0.25) is 9.69 Å². The number of rotatable bonds is 10. The molecule has 0 aromatic heterocycles. The van der Waals surface area contributed by atoms with Crippen molar-refractivity contribution in [1.29, 1.82) is 0 Å². The first-order chi connectivity index (χ1) is 17.9. The van der Waals surface area contributed by atoms with Crippen molar-refractivity contribution in [1.82, 2.24) is 9.80 Å². The number of benzene rings is 3. The van der Waals surface area contributed by atoms with Crippen LogP contribution in [0.15, 0.2) is 78.9 Å². The van der Waals surface area contributed by atoms with Crippen LogP contribution >= 0.6 is 0 Å². The molecule has 37 heavy (non-hydrogen) atoms. The fraction of sp³-hybridized carbons (Fsp3) is 0.333. The van der Waals surface area contributed by atoms with Gasteiger partial charge >= 0.3 is 5.97 Å². The van der Waals surface area contributed by atoms with E-state index < -0.39 is 12.0 Å². The van der Waals surface area contributed by atoms with Gasteiger partial charge in [-0.25, -0.2) is 4.79 Å². The summed E-state index contributed by atoms with van der Waals surface area (Å²) in [7, 11) is 1.62. The number of para-hydroxylation sites is 2. The molecule has 0 spiro atoms. The molecule has 0 bridgehead atoms. The van der Waals surface area contributed by atoms with Crippen LogP contribution < -0.4 is 9.47 Å². The van der Waals surface area contributed by atoms with E-state index >= 15 is 0 Å². The largest absolute Gasteiger partial charge is 0.493 e. The third-order valence-corrected chi connectivity index (χ3v) is 6.81. The molecule has 1 fully saturated rings. The number of carbonyl (C=O) groups is 2. The molecule has 1 amide bonds. The Hall–Kier alpha value is -3.84. The lowest BCUT2D eigenvalue weighted by Crippen LogP contribution is -2.54. The Balaban J connectivity index is 1.38. The molecule has 194 valence electrons. The molecular formula is C30H34N2O5. The van der Waals surface area contributed by atoms with Crippen molar-refractivity contribution in [2.75, 3.05) is 20.2 Å². The van der Waals surface area contributed by atoms with Gasteiger partial charge in [-0.15, -0.1) is 0 Å². The highest BCUT2D eigenvalue weighted by atomic mass is 16.5. The predicted octanol–water partition coefficient (Wildman–Crippen LogP) is 5.00. The number of likely N-dealkylation sites (tertiary alicyclic amines) is 1. The normalized spacial score (nSPS) is 15.1. The third-order valence-electron chi connectivity index (χ3n) is 6.81. The lowest BCUT2D eigenvalue weighted by Gasteiger charge is -2.41. The van der Waals surface area contributed by atoms with Crippen molar-refractivity contribution >= 4 is 11.9 Å². The number of carbonyl (C=O) groups excluding carboxylic acids is 1. The smallest absolute Gasteiger partial charge is 0.326 e. The summed E-state index contributed by atoms with van der Waals surface area (Å²) in [4.78, 5) is 28.7. The van der Waals surface area contributed by atoms with Crippen LogP contribution in [0.2, 0.25) is 0 Å². The van der Waals surface area contributed by atoms with Gasteiger partial charge in [-0.2, -0.15) is 0 Å². The van der Waals surface area contributed by atoms with Crippen molar-refractivity contribution < 1.29 is 24.2 Å². The summed E-state index contributed by atoms with van der Waals surface area (Å²) in [5.41, 5.74) is 2.04. The summed E-state index contributed by atoms with van der Waals surface area (Å²) in [6, 6.07) is 24.1. The van der Waals surface area contributed by atoms with E-state index in [1.807, 2.05) is 72.8 Å². The standard InChI is InChI=1S/C30H34N2O5/c1-22(33)32(27(30(34)35)20-23-9-4-3-5-10-23)25-15-17-31(18-16-25)21-24-11-8-12-26(19-24)37-29-14-7-6-13-28(29)36-2/h3-14,19,25,27H,15-18,20-21H2,1-2H3,(H,34,35). The molecule has 1 atom stereocenters. The molecule has 1 aliphatic rings. The molecule has 4 rings (SSSR count). The molecule has 0 saturated carbocycles. The Kier molecular flexibility index (Phi) is 8.80. The Bertz CT molecular complexity index is 1190. The van der Waals surface area contributed by atoms with Crippen molar-refractivity contribution in [3.05, 3.63) is 90.0 Å². The van der Waals surface area contributed by atoms with Crippen LogP contribution in [-0.2, 0) is 22.6 Å². The van der Waals surface area contributed by atoms with Crippen LogP contribution in [0.1, 0.15) is 30.9 Å². The number of methoxy groups -OCH3 is 1. The molecule has 1 unspecified atom stereocenters. The first-order valence-electron chi connectivity index (χ1n) is 12.6. The van der Waals surface area contributed by atoms with Crippen LogP contribution in [0.25, 0.3) is 0 Å². The van der Waals surface area contributed by atoms with Crippen molar-refractivity contribution in [3.63, 3.8) is 0 Å². The second kappa shape index (κ2) is 12.4. The lowest BCUT2D eigenvalue weighted by molar-refractivity contribution is -0.152. The SMILES string of the molecule is COc1ccccc1Oc1cccc(CN2CCC(N(C(C)=O)C(Cc3ccccc3)C(=O)O)CC2)c1. The van der Waals surface area contributed by atoms with Crippen LogP contribution in [0.3, 0.4) is 0 Å². The Morgan fingerprint density at radius 3 is 2.24 bits per heavy atom. The molecule has 1 aliphatic heterocycles. The molecule has 1 heterocycles. The quantitative estimate of drug-likeness (QED) is 0.421. The molecular weight excluding hydrogens is 468 g/mol. The number of carboxylic acid groups (broad SMARTS) is 1. The van der Waals surface area contributed by atoms with Gasteiger partial charge < -0.3 is 19.5 Å². The number of carboxylic acids is 1. The van der Waals surface area contributed by atoms with Gasteiger partial charge in [0.25, 0.3) is 0 Å². The van der Waals surface area contributed by atoms with E-state index in [-0.39, 0.29) is 11.9 Å². The summed E-state index contributed by atoms with van der Waals surface area (Å²) in [5.74, 6) is 0.925. The Morgan fingerprint density at radius 2 is 1.59 bits per heavy atom. The Labute approximate surface area is 218 Å². The molecule has 0 aliphatic carbocycles. The summed E-state index contributed by atoms with van der Waals surface area (Å²) < 4.78 is 11.4. The minimum atomic E-state index is -0.964. The monoisotopic (exact) mass is 502 g/mol. The van der Waals surface area contributed by atoms with Crippen LogP contribution in [-0.4, -0.2) is 59.1 Å². The summed E-state index contributed by atoms with van der Waals surface area (Å²) in [6.45, 7) is 3.79. The number of ether oxygens (including phenoxy) is 2. The van der Waals surface area contributed by atoms with Crippen LogP contribution in [0.5, 0.6) is 17.2 Å². The molecule has 3 aromatic carbocycles. The van der Waals surface area contributed by atoms with E-state index in [1.165, 1.54) is 6.92 Å². The second-order valence-corrected chi connectivity index (χ2v) is 9.38. The van der Waals surface area contributed by atoms with E-state index in [0.717, 1.165) is 49.4 Å². The van der Waals surface area contributed by atoms with Gasteiger partial charge in [-0.05, 0) is 48.2 Å². The minimum absolute atomic E-state index is 0.0984. The molecule has 1 saturated heterocycles. The number of aliphatic carboxylic acids is 1. The highest BCUT2D eigenvalue weighted by molar-refractivity contribution is 5.82. The van der Waals surface area contributed by atoms with Crippen LogP contribution in [0.4, 0.5) is 0 Å². The van der Waals surface area contributed by atoms with Gasteiger partial charge in [-0.1, -0.05) is 54.6 Å².